The van der Waals surface area contributed by atoms with Crippen LogP contribution in [-0.4, -0.2) is 41.5 Å². The predicted octanol–water partition coefficient (Wildman–Crippen LogP) is 2.27. The van der Waals surface area contributed by atoms with E-state index >= 15 is 0 Å². The molecule has 2 aromatic carbocycles. The van der Waals surface area contributed by atoms with E-state index in [1.54, 1.807) is 38.1 Å². The highest BCUT2D eigenvalue weighted by Gasteiger charge is 2.27. The summed E-state index contributed by atoms with van der Waals surface area (Å²) in [6.45, 7) is 3.22. The first kappa shape index (κ1) is 22.9. The number of hydrogen-bond donors (Lipinski definition) is 2. The van der Waals surface area contributed by atoms with Gasteiger partial charge in [0, 0.05) is 20.0 Å². The van der Waals surface area contributed by atoms with Gasteiger partial charge in [0.15, 0.2) is 0 Å². The lowest BCUT2D eigenvalue weighted by Crippen LogP contribution is -2.30. The van der Waals surface area contributed by atoms with Gasteiger partial charge in [0.1, 0.15) is 0 Å². The van der Waals surface area contributed by atoms with Gasteiger partial charge in [-0.25, -0.2) is 21.6 Å². The molecule has 0 aromatic heterocycles. The molecule has 0 saturated carbocycles. The zero-order valence-corrected chi connectivity index (χ0v) is 18.0. The van der Waals surface area contributed by atoms with Crippen molar-refractivity contribution in [2.24, 2.45) is 0 Å². The molecule has 0 aliphatic heterocycles. The van der Waals surface area contributed by atoms with E-state index in [1.165, 1.54) is 25.2 Å². The first-order chi connectivity index (χ1) is 13.5. The van der Waals surface area contributed by atoms with Crippen LogP contribution in [-0.2, 0) is 24.8 Å². The second-order valence-corrected chi connectivity index (χ2v) is 10.2. The molecule has 0 radical (unpaired) electrons. The van der Waals surface area contributed by atoms with Gasteiger partial charge in [-0.1, -0.05) is 24.3 Å². The van der Waals surface area contributed by atoms with Crippen LogP contribution in [0.1, 0.15) is 24.0 Å². The minimum absolute atomic E-state index is 0.0323. The Morgan fingerprint density at radius 1 is 1.03 bits per heavy atom. The van der Waals surface area contributed by atoms with Crippen LogP contribution in [0, 0.1) is 13.8 Å². The number of carboxylic acids is 1. The topological polar surface area (TPSA) is 121 Å². The van der Waals surface area contributed by atoms with Crippen LogP contribution in [0.5, 0.6) is 0 Å². The highest BCUT2D eigenvalue weighted by Crippen LogP contribution is 2.32. The van der Waals surface area contributed by atoms with Crippen LogP contribution in [0.4, 0.5) is 5.69 Å². The first-order valence-corrected chi connectivity index (χ1v) is 11.8. The number of anilines is 1. The maximum atomic E-state index is 13.0. The van der Waals surface area contributed by atoms with Gasteiger partial charge in [0.2, 0.25) is 10.0 Å². The van der Waals surface area contributed by atoms with Crippen molar-refractivity contribution in [2.45, 2.75) is 36.5 Å². The smallest absolute Gasteiger partial charge is 0.303 e. The summed E-state index contributed by atoms with van der Waals surface area (Å²) in [6, 6.07) is 10.8. The monoisotopic (exact) mass is 440 g/mol. The predicted molar refractivity (Wildman–Crippen MR) is 110 cm³/mol. The van der Waals surface area contributed by atoms with Gasteiger partial charge >= 0.3 is 5.97 Å². The lowest BCUT2D eigenvalue weighted by Gasteiger charge is -2.25. The standard InChI is InChI=1S/C19H24N2O6S2/c1-14-11-12-17(28(24,25)20-13-7-10-18(22)23)15(2)19(14)21(3)29(26,27)16-8-5-4-6-9-16/h4-6,8-9,11-12,20H,7,10,13H2,1-3H3,(H,22,23). The fourth-order valence-electron chi connectivity index (χ4n) is 2.99. The Morgan fingerprint density at radius 3 is 2.24 bits per heavy atom. The molecule has 2 rings (SSSR count). The minimum Gasteiger partial charge on any atom is -0.481 e. The van der Waals surface area contributed by atoms with E-state index in [4.69, 9.17) is 5.11 Å². The molecule has 29 heavy (non-hydrogen) atoms. The molecular weight excluding hydrogens is 416 g/mol. The minimum atomic E-state index is -3.94. The summed E-state index contributed by atoms with van der Waals surface area (Å²) in [6.07, 6.45) is -0.00662. The van der Waals surface area contributed by atoms with Crippen LogP contribution < -0.4 is 9.03 Å². The number of nitrogens with zero attached hydrogens (tertiary/aromatic N) is 1. The third kappa shape index (κ3) is 5.14. The van der Waals surface area contributed by atoms with Crippen molar-refractivity contribution >= 4 is 31.7 Å². The number of benzene rings is 2. The van der Waals surface area contributed by atoms with Crippen molar-refractivity contribution in [1.29, 1.82) is 0 Å². The maximum absolute atomic E-state index is 13.0. The molecule has 2 N–H and O–H groups in total. The third-order valence-corrected chi connectivity index (χ3v) is 7.83. The van der Waals surface area contributed by atoms with Crippen LogP contribution in [0.3, 0.4) is 0 Å². The van der Waals surface area contributed by atoms with Crippen molar-refractivity contribution in [3.8, 4) is 0 Å². The Bertz CT molecular complexity index is 1100. The zero-order valence-electron chi connectivity index (χ0n) is 16.4. The molecule has 158 valence electrons. The molecule has 0 unspecified atom stereocenters. The molecule has 0 bridgehead atoms. The van der Waals surface area contributed by atoms with E-state index in [1.807, 2.05) is 0 Å². The molecular formula is C19H24N2O6S2. The normalized spacial score (nSPS) is 12.0. The lowest BCUT2D eigenvalue weighted by atomic mass is 10.1. The summed E-state index contributed by atoms with van der Waals surface area (Å²) < 4.78 is 54.8. The molecule has 0 fully saturated rings. The van der Waals surface area contributed by atoms with Gasteiger partial charge in [-0.05, 0) is 49.6 Å². The van der Waals surface area contributed by atoms with Crippen molar-refractivity contribution in [1.82, 2.24) is 4.72 Å². The third-order valence-electron chi connectivity index (χ3n) is 4.45. The van der Waals surface area contributed by atoms with Crippen LogP contribution in [0.25, 0.3) is 0 Å². The molecule has 10 heteroatoms. The van der Waals surface area contributed by atoms with Gasteiger partial charge < -0.3 is 5.11 Å². The molecule has 2 aromatic rings. The fourth-order valence-corrected chi connectivity index (χ4v) is 5.64. The summed E-state index contributed by atoms with van der Waals surface area (Å²) >= 11 is 0. The van der Waals surface area contributed by atoms with E-state index in [0.29, 0.717) is 5.56 Å². The summed E-state index contributed by atoms with van der Waals surface area (Å²) in [4.78, 5) is 10.6. The van der Waals surface area contributed by atoms with Crippen molar-refractivity contribution in [3.05, 3.63) is 53.6 Å². The van der Waals surface area contributed by atoms with E-state index in [0.717, 1.165) is 4.31 Å². The maximum Gasteiger partial charge on any atom is 0.303 e. The zero-order chi connectivity index (χ0) is 21.8. The summed E-state index contributed by atoms with van der Waals surface area (Å²) in [7, 11) is -6.43. The number of aliphatic carboxylic acids is 1. The fraction of sp³-hybridized carbons (Fsp3) is 0.316. The van der Waals surface area contributed by atoms with Gasteiger partial charge in [-0.2, -0.15) is 0 Å². The average Bonchev–Trinajstić information content (AvgIpc) is 2.65. The lowest BCUT2D eigenvalue weighted by molar-refractivity contribution is -0.137. The number of carboxylic acid groups (broad SMARTS) is 1. The number of aryl methyl sites for hydroxylation is 1. The number of nitrogens with one attached hydrogen (secondary N) is 1. The first-order valence-electron chi connectivity index (χ1n) is 8.84. The van der Waals surface area contributed by atoms with Crippen molar-refractivity contribution < 1.29 is 26.7 Å². The summed E-state index contributed by atoms with van der Waals surface area (Å²) in [5.74, 6) is -1.01. The second-order valence-electron chi connectivity index (χ2n) is 6.53. The van der Waals surface area contributed by atoms with Crippen LogP contribution >= 0.6 is 0 Å². The quantitative estimate of drug-likeness (QED) is 0.577. The van der Waals surface area contributed by atoms with Gasteiger partial charge in [-0.15, -0.1) is 0 Å². The Labute approximate surface area is 171 Å². The molecule has 0 aliphatic carbocycles. The van der Waals surface area contributed by atoms with Gasteiger partial charge in [-0.3, -0.25) is 9.10 Å². The van der Waals surface area contributed by atoms with Crippen molar-refractivity contribution in [3.63, 3.8) is 0 Å². The van der Waals surface area contributed by atoms with Gasteiger partial charge in [0.05, 0.1) is 15.5 Å². The molecule has 0 atom stereocenters. The molecule has 0 amide bonds. The summed E-state index contributed by atoms with van der Waals surface area (Å²) in [5.41, 5.74) is 1.18. The van der Waals surface area contributed by atoms with E-state index in [9.17, 15) is 21.6 Å². The van der Waals surface area contributed by atoms with Crippen LogP contribution in [0.2, 0.25) is 0 Å². The van der Waals surface area contributed by atoms with Crippen LogP contribution in [0.15, 0.2) is 52.3 Å². The highest BCUT2D eigenvalue weighted by molar-refractivity contribution is 7.92. The Hall–Kier alpha value is -2.43. The molecule has 0 saturated heterocycles. The van der Waals surface area contributed by atoms with E-state index < -0.39 is 26.0 Å². The van der Waals surface area contributed by atoms with E-state index in [-0.39, 0.29) is 40.4 Å². The van der Waals surface area contributed by atoms with Crippen molar-refractivity contribution in [2.75, 3.05) is 17.9 Å². The molecule has 8 nitrogen and oxygen atoms in total. The van der Waals surface area contributed by atoms with Gasteiger partial charge in [0.25, 0.3) is 10.0 Å². The Balaban J connectivity index is 2.42. The molecule has 0 aliphatic rings. The number of sulfonamides is 2. The Kier molecular flexibility index (Phi) is 7.04. The molecule has 0 heterocycles. The van der Waals surface area contributed by atoms with E-state index in [2.05, 4.69) is 4.72 Å². The second kappa shape index (κ2) is 8.93. The Morgan fingerprint density at radius 2 is 1.66 bits per heavy atom. The molecule has 0 spiro atoms. The largest absolute Gasteiger partial charge is 0.481 e. The number of rotatable bonds is 9. The highest BCUT2D eigenvalue weighted by atomic mass is 32.2. The summed E-state index contributed by atoms with van der Waals surface area (Å²) in [5, 5.41) is 8.66. The SMILES string of the molecule is Cc1ccc(S(=O)(=O)NCCCC(=O)O)c(C)c1N(C)S(=O)(=O)c1ccccc1. The average molecular weight is 441 g/mol. The number of carbonyl (C=O) groups is 1. The number of hydrogen-bond acceptors (Lipinski definition) is 5.